The minimum atomic E-state index is 0.180. The summed E-state index contributed by atoms with van der Waals surface area (Å²) in [7, 11) is 1.65. The van der Waals surface area contributed by atoms with Crippen LogP contribution in [0.15, 0.2) is 24.5 Å². The van der Waals surface area contributed by atoms with E-state index in [2.05, 4.69) is 33.6 Å². The lowest BCUT2D eigenvalue weighted by atomic mass is 10.1. The maximum atomic E-state index is 12.4. The van der Waals surface area contributed by atoms with Gasteiger partial charge in [0.2, 0.25) is 11.8 Å². The Labute approximate surface area is 160 Å². The highest BCUT2D eigenvalue weighted by atomic mass is 16.5. The summed E-state index contributed by atoms with van der Waals surface area (Å²) in [4.78, 5) is 25.9. The fourth-order valence-corrected chi connectivity index (χ4v) is 4.07. The van der Waals surface area contributed by atoms with Gasteiger partial charge in [-0.05, 0) is 25.8 Å². The van der Waals surface area contributed by atoms with Crippen molar-refractivity contribution in [3.8, 4) is 5.88 Å². The highest BCUT2D eigenvalue weighted by Gasteiger charge is 2.28. The Hall–Kier alpha value is -2.41. The van der Waals surface area contributed by atoms with Gasteiger partial charge in [-0.2, -0.15) is 0 Å². The van der Waals surface area contributed by atoms with Crippen LogP contribution in [0.4, 0.5) is 0 Å². The Kier molecular flexibility index (Phi) is 5.11. The molecule has 1 atom stereocenters. The maximum Gasteiger partial charge on any atom is 0.228 e. The summed E-state index contributed by atoms with van der Waals surface area (Å²) in [5.41, 5.74) is 1.96. The normalized spacial score (nSPS) is 19.9. The second kappa shape index (κ2) is 7.68. The minimum absolute atomic E-state index is 0.180. The van der Waals surface area contributed by atoms with Gasteiger partial charge in [0.1, 0.15) is 5.82 Å². The molecule has 1 saturated heterocycles. The average molecular weight is 369 g/mol. The molecule has 0 spiro atoms. The topological polar surface area (TPSA) is 63.5 Å². The summed E-state index contributed by atoms with van der Waals surface area (Å²) in [6, 6.07) is 4.18. The Morgan fingerprint density at radius 3 is 2.85 bits per heavy atom. The zero-order chi connectivity index (χ0) is 18.8. The van der Waals surface area contributed by atoms with Crippen molar-refractivity contribution in [3.63, 3.8) is 0 Å². The van der Waals surface area contributed by atoms with E-state index in [1.165, 1.54) is 0 Å². The number of pyridine rings is 1. The van der Waals surface area contributed by atoms with Crippen LogP contribution >= 0.6 is 0 Å². The number of imidazole rings is 1. The third kappa shape index (κ3) is 3.69. The quantitative estimate of drug-likeness (QED) is 0.807. The largest absolute Gasteiger partial charge is 0.481 e. The van der Waals surface area contributed by atoms with Gasteiger partial charge >= 0.3 is 0 Å². The van der Waals surface area contributed by atoms with Crippen molar-refractivity contribution < 1.29 is 9.53 Å². The third-order valence-corrected chi connectivity index (χ3v) is 5.61. The highest BCUT2D eigenvalue weighted by Crippen LogP contribution is 2.28. The van der Waals surface area contributed by atoms with Crippen molar-refractivity contribution in [1.82, 2.24) is 24.3 Å². The second-order valence-corrected chi connectivity index (χ2v) is 7.37. The van der Waals surface area contributed by atoms with E-state index in [9.17, 15) is 4.79 Å². The Bertz CT molecular complexity index is 812. The molecule has 2 aromatic rings. The highest BCUT2D eigenvalue weighted by molar-refractivity contribution is 5.78. The second-order valence-electron chi connectivity index (χ2n) is 7.37. The van der Waals surface area contributed by atoms with E-state index < -0.39 is 0 Å². The van der Waals surface area contributed by atoms with Crippen LogP contribution in [0.2, 0.25) is 0 Å². The number of nitrogens with zero attached hydrogens (tertiary/aromatic N) is 5. The van der Waals surface area contributed by atoms with E-state index in [-0.39, 0.29) is 11.9 Å². The first-order valence-electron chi connectivity index (χ1n) is 9.71. The molecule has 7 heteroatoms. The van der Waals surface area contributed by atoms with Gasteiger partial charge in [-0.1, -0.05) is 6.07 Å². The lowest BCUT2D eigenvalue weighted by molar-refractivity contribution is -0.129. The predicted octanol–water partition coefficient (Wildman–Crippen LogP) is 2.03. The van der Waals surface area contributed by atoms with Gasteiger partial charge < -0.3 is 14.2 Å². The van der Waals surface area contributed by atoms with Crippen LogP contribution < -0.4 is 4.74 Å². The summed E-state index contributed by atoms with van der Waals surface area (Å²) < 4.78 is 7.59. The molecule has 0 aliphatic carbocycles. The number of carbonyl (C=O) groups is 1. The first-order valence-corrected chi connectivity index (χ1v) is 9.71. The molecular formula is C20H27N5O2. The molecule has 1 amide bonds. The van der Waals surface area contributed by atoms with Crippen LogP contribution in [-0.2, 0) is 24.3 Å². The number of likely N-dealkylation sites (tertiary alicyclic amines) is 1. The molecule has 0 saturated carbocycles. The monoisotopic (exact) mass is 369 g/mol. The van der Waals surface area contributed by atoms with Gasteiger partial charge in [0.25, 0.3) is 0 Å². The molecule has 0 unspecified atom stereocenters. The van der Waals surface area contributed by atoms with Gasteiger partial charge in [0.15, 0.2) is 0 Å². The van der Waals surface area contributed by atoms with Crippen LogP contribution in [0, 0.1) is 0 Å². The molecule has 0 aromatic carbocycles. The maximum absolute atomic E-state index is 12.4. The van der Waals surface area contributed by atoms with E-state index in [0.717, 1.165) is 62.6 Å². The van der Waals surface area contributed by atoms with E-state index in [4.69, 9.17) is 9.72 Å². The third-order valence-electron chi connectivity index (χ3n) is 5.61. The zero-order valence-corrected chi connectivity index (χ0v) is 16.1. The molecule has 0 bridgehead atoms. The molecule has 27 heavy (non-hydrogen) atoms. The molecule has 0 N–H and O–H groups in total. The van der Waals surface area contributed by atoms with Gasteiger partial charge in [-0.25, -0.2) is 9.97 Å². The molecule has 2 aliphatic rings. The molecule has 2 aromatic heterocycles. The summed E-state index contributed by atoms with van der Waals surface area (Å²) in [6.45, 7) is 6.54. The van der Waals surface area contributed by atoms with E-state index in [1.807, 2.05) is 11.0 Å². The molecular weight excluding hydrogens is 342 g/mol. The average Bonchev–Trinajstić information content (AvgIpc) is 3.34. The standard InChI is InChI=1S/C20H27N5O2/c1-15-19-22-17(12-18(26)23-8-3-4-9-23)14-25(19)11-10-24(15)13-16-6-5-7-21-20(16)27-2/h5-7,14-15H,3-4,8-13H2,1-2H3/t15-/m0/s1. The predicted molar refractivity (Wildman–Crippen MR) is 101 cm³/mol. The Morgan fingerprint density at radius 2 is 2.07 bits per heavy atom. The van der Waals surface area contributed by atoms with Crippen molar-refractivity contribution in [2.45, 2.75) is 45.3 Å². The van der Waals surface area contributed by atoms with E-state index in [1.54, 1.807) is 13.3 Å². The summed E-state index contributed by atoms with van der Waals surface area (Å²) in [5.74, 6) is 1.91. The first-order chi connectivity index (χ1) is 13.2. The number of carbonyl (C=O) groups excluding carboxylic acids is 1. The SMILES string of the molecule is COc1ncccc1CN1CCn2cc(CC(=O)N3CCCC3)nc2[C@@H]1C. The molecule has 2 aliphatic heterocycles. The van der Waals surface area contributed by atoms with Crippen LogP contribution in [-0.4, -0.2) is 57.0 Å². The lowest BCUT2D eigenvalue weighted by Crippen LogP contribution is -2.36. The van der Waals surface area contributed by atoms with E-state index in [0.29, 0.717) is 12.3 Å². The molecule has 7 nitrogen and oxygen atoms in total. The molecule has 1 fully saturated rings. The Morgan fingerprint density at radius 1 is 1.26 bits per heavy atom. The van der Waals surface area contributed by atoms with Crippen molar-refractivity contribution in [3.05, 3.63) is 41.6 Å². The molecule has 0 radical (unpaired) electrons. The smallest absolute Gasteiger partial charge is 0.228 e. The number of hydrogen-bond acceptors (Lipinski definition) is 5. The van der Waals surface area contributed by atoms with Crippen molar-refractivity contribution >= 4 is 5.91 Å². The lowest BCUT2D eigenvalue weighted by Gasteiger charge is -2.33. The summed E-state index contributed by atoms with van der Waals surface area (Å²) in [6.07, 6.45) is 6.45. The number of rotatable bonds is 5. The van der Waals surface area contributed by atoms with Crippen molar-refractivity contribution in [2.75, 3.05) is 26.7 Å². The van der Waals surface area contributed by atoms with E-state index >= 15 is 0 Å². The fourth-order valence-electron chi connectivity index (χ4n) is 4.07. The number of methoxy groups -OCH3 is 1. The molecule has 4 heterocycles. The molecule has 144 valence electrons. The number of amides is 1. The van der Waals surface area contributed by atoms with Crippen molar-refractivity contribution in [1.29, 1.82) is 0 Å². The van der Waals surface area contributed by atoms with Gasteiger partial charge in [-0.3, -0.25) is 9.69 Å². The van der Waals surface area contributed by atoms with Gasteiger partial charge in [0, 0.05) is 50.7 Å². The minimum Gasteiger partial charge on any atom is -0.481 e. The van der Waals surface area contributed by atoms with Crippen LogP contribution in [0.1, 0.15) is 42.9 Å². The summed E-state index contributed by atoms with van der Waals surface area (Å²) in [5, 5.41) is 0. The Balaban J connectivity index is 1.46. The van der Waals surface area contributed by atoms with Gasteiger partial charge in [-0.15, -0.1) is 0 Å². The first kappa shape index (κ1) is 18.0. The van der Waals surface area contributed by atoms with Crippen LogP contribution in [0.3, 0.4) is 0 Å². The summed E-state index contributed by atoms with van der Waals surface area (Å²) >= 11 is 0. The van der Waals surface area contributed by atoms with Crippen LogP contribution in [0.5, 0.6) is 5.88 Å². The van der Waals surface area contributed by atoms with Crippen molar-refractivity contribution in [2.24, 2.45) is 0 Å². The van der Waals surface area contributed by atoms with Crippen LogP contribution in [0.25, 0.3) is 0 Å². The zero-order valence-electron chi connectivity index (χ0n) is 16.1. The van der Waals surface area contributed by atoms with Gasteiger partial charge in [0.05, 0.1) is 25.3 Å². The number of aromatic nitrogens is 3. The number of ether oxygens (including phenoxy) is 1. The molecule has 4 rings (SSSR count). The number of fused-ring (bicyclic) bond motifs is 1. The number of hydrogen-bond donors (Lipinski definition) is 0. The fraction of sp³-hybridized carbons (Fsp3) is 0.550.